The van der Waals surface area contributed by atoms with Gasteiger partial charge in [-0.15, -0.1) is 0 Å². The standard InChI is InChI=1S/C14H21N3O2/c1-10-7-11(8-12(15-4)16-10)13(18)17-5-6-19-14(2,3)9-17/h7-8H,5-6,9H2,1-4H3,(H,15,16). The molecule has 1 N–H and O–H groups in total. The van der Waals surface area contributed by atoms with E-state index in [1.165, 1.54) is 0 Å². The van der Waals surface area contributed by atoms with Crippen LogP contribution in [0.2, 0.25) is 0 Å². The first kappa shape index (κ1) is 13.8. The van der Waals surface area contributed by atoms with Crippen molar-refractivity contribution in [1.29, 1.82) is 0 Å². The fourth-order valence-electron chi connectivity index (χ4n) is 2.29. The maximum absolute atomic E-state index is 12.5. The number of amides is 1. The van der Waals surface area contributed by atoms with Gasteiger partial charge in [-0.2, -0.15) is 0 Å². The van der Waals surface area contributed by atoms with Crippen molar-refractivity contribution in [1.82, 2.24) is 9.88 Å². The highest BCUT2D eigenvalue weighted by molar-refractivity contribution is 5.95. The van der Waals surface area contributed by atoms with Crippen molar-refractivity contribution in [2.75, 3.05) is 32.1 Å². The van der Waals surface area contributed by atoms with Gasteiger partial charge in [0.1, 0.15) is 5.82 Å². The molecule has 2 heterocycles. The molecule has 1 aromatic heterocycles. The van der Waals surface area contributed by atoms with E-state index in [9.17, 15) is 4.79 Å². The van der Waals surface area contributed by atoms with Gasteiger partial charge in [-0.05, 0) is 32.9 Å². The second-order valence-corrected chi connectivity index (χ2v) is 5.47. The number of rotatable bonds is 2. The summed E-state index contributed by atoms with van der Waals surface area (Å²) in [5.41, 5.74) is 1.24. The zero-order chi connectivity index (χ0) is 14.0. The van der Waals surface area contributed by atoms with Gasteiger partial charge in [0.15, 0.2) is 0 Å². The largest absolute Gasteiger partial charge is 0.373 e. The van der Waals surface area contributed by atoms with Crippen molar-refractivity contribution < 1.29 is 9.53 Å². The van der Waals surface area contributed by atoms with Crippen LogP contribution in [0, 0.1) is 6.92 Å². The number of pyridine rings is 1. The van der Waals surface area contributed by atoms with Crippen LogP contribution in [-0.4, -0.2) is 48.1 Å². The first-order valence-electron chi connectivity index (χ1n) is 6.51. The number of hydrogen-bond acceptors (Lipinski definition) is 4. The average molecular weight is 263 g/mol. The molecule has 1 saturated heterocycles. The molecule has 0 radical (unpaired) electrons. The van der Waals surface area contributed by atoms with Crippen molar-refractivity contribution in [3.8, 4) is 0 Å². The van der Waals surface area contributed by atoms with Gasteiger partial charge in [-0.3, -0.25) is 4.79 Å². The lowest BCUT2D eigenvalue weighted by atomic mass is 10.1. The molecule has 2 rings (SSSR count). The molecule has 0 atom stereocenters. The third-order valence-electron chi connectivity index (χ3n) is 3.17. The molecule has 0 aromatic carbocycles. The number of morpholine rings is 1. The van der Waals surface area contributed by atoms with Crippen molar-refractivity contribution >= 4 is 11.7 Å². The summed E-state index contributed by atoms with van der Waals surface area (Å²) in [6.07, 6.45) is 0. The van der Waals surface area contributed by atoms with Gasteiger partial charge in [0.2, 0.25) is 0 Å². The molecule has 0 spiro atoms. The summed E-state index contributed by atoms with van der Waals surface area (Å²) < 4.78 is 5.63. The molecule has 0 saturated carbocycles. The minimum Gasteiger partial charge on any atom is -0.373 e. The van der Waals surface area contributed by atoms with Crippen LogP contribution in [-0.2, 0) is 4.74 Å². The van der Waals surface area contributed by atoms with Gasteiger partial charge in [-0.1, -0.05) is 0 Å². The third-order valence-corrected chi connectivity index (χ3v) is 3.17. The van der Waals surface area contributed by atoms with Crippen LogP contribution in [0.15, 0.2) is 12.1 Å². The Hall–Kier alpha value is -1.62. The van der Waals surface area contributed by atoms with Gasteiger partial charge < -0.3 is 15.0 Å². The van der Waals surface area contributed by atoms with Gasteiger partial charge in [-0.25, -0.2) is 4.98 Å². The van der Waals surface area contributed by atoms with Gasteiger partial charge in [0, 0.05) is 31.4 Å². The molecule has 1 aliphatic rings. The van der Waals surface area contributed by atoms with E-state index >= 15 is 0 Å². The molecule has 104 valence electrons. The summed E-state index contributed by atoms with van der Waals surface area (Å²) in [4.78, 5) is 18.7. The summed E-state index contributed by atoms with van der Waals surface area (Å²) in [7, 11) is 1.80. The van der Waals surface area contributed by atoms with E-state index in [-0.39, 0.29) is 11.5 Å². The number of carbonyl (C=O) groups is 1. The van der Waals surface area contributed by atoms with Crippen LogP contribution in [0.5, 0.6) is 0 Å². The Balaban J connectivity index is 2.21. The van der Waals surface area contributed by atoms with Crippen molar-refractivity contribution in [3.05, 3.63) is 23.4 Å². The first-order chi connectivity index (χ1) is 8.91. The maximum Gasteiger partial charge on any atom is 0.254 e. The van der Waals surface area contributed by atoms with Crippen LogP contribution >= 0.6 is 0 Å². The molecular weight excluding hydrogens is 242 g/mol. The van der Waals surface area contributed by atoms with E-state index in [4.69, 9.17) is 4.74 Å². The van der Waals surface area contributed by atoms with E-state index in [2.05, 4.69) is 10.3 Å². The van der Waals surface area contributed by atoms with E-state index < -0.39 is 0 Å². The van der Waals surface area contributed by atoms with Crippen molar-refractivity contribution in [2.45, 2.75) is 26.4 Å². The Bertz CT molecular complexity index is 486. The average Bonchev–Trinajstić information content (AvgIpc) is 2.35. The molecule has 5 heteroatoms. The predicted molar refractivity (Wildman–Crippen MR) is 74.5 cm³/mol. The third kappa shape index (κ3) is 3.23. The Morgan fingerprint density at radius 2 is 2.21 bits per heavy atom. The summed E-state index contributed by atoms with van der Waals surface area (Å²) in [5.74, 6) is 0.759. The summed E-state index contributed by atoms with van der Waals surface area (Å²) in [6.45, 7) is 7.73. The monoisotopic (exact) mass is 263 g/mol. The lowest BCUT2D eigenvalue weighted by Gasteiger charge is -2.38. The number of nitrogens with zero attached hydrogens (tertiary/aromatic N) is 2. The van der Waals surface area contributed by atoms with E-state index in [1.807, 2.05) is 31.7 Å². The van der Waals surface area contributed by atoms with Crippen LogP contribution in [0.1, 0.15) is 29.9 Å². The topological polar surface area (TPSA) is 54.5 Å². The first-order valence-corrected chi connectivity index (χ1v) is 6.51. The maximum atomic E-state index is 12.5. The molecule has 0 unspecified atom stereocenters. The molecule has 19 heavy (non-hydrogen) atoms. The van der Waals surface area contributed by atoms with Crippen LogP contribution in [0.25, 0.3) is 0 Å². The van der Waals surface area contributed by atoms with Crippen LogP contribution in [0.3, 0.4) is 0 Å². The number of aromatic nitrogens is 1. The lowest BCUT2D eigenvalue weighted by molar-refractivity contribution is -0.0764. The highest BCUT2D eigenvalue weighted by Crippen LogP contribution is 2.19. The smallest absolute Gasteiger partial charge is 0.254 e. The Kier molecular flexibility index (Phi) is 3.75. The Morgan fingerprint density at radius 1 is 1.47 bits per heavy atom. The number of carbonyl (C=O) groups excluding carboxylic acids is 1. The van der Waals surface area contributed by atoms with Gasteiger partial charge >= 0.3 is 0 Å². The van der Waals surface area contributed by atoms with E-state index in [1.54, 1.807) is 13.1 Å². The van der Waals surface area contributed by atoms with Gasteiger partial charge in [0.25, 0.3) is 5.91 Å². The summed E-state index contributed by atoms with van der Waals surface area (Å²) in [6, 6.07) is 3.61. The Labute approximate surface area is 114 Å². The molecule has 1 aromatic rings. The normalized spacial score (nSPS) is 18.2. The lowest BCUT2D eigenvalue weighted by Crippen LogP contribution is -2.50. The fraction of sp³-hybridized carbons (Fsp3) is 0.571. The number of hydrogen-bond donors (Lipinski definition) is 1. The minimum atomic E-state index is -0.276. The zero-order valence-corrected chi connectivity index (χ0v) is 12.0. The quantitative estimate of drug-likeness (QED) is 0.882. The SMILES string of the molecule is CNc1cc(C(=O)N2CCOC(C)(C)C2)cc(C)n1. The number of nitrogens with one attached hydrogen (secondary N) is 1. The van der Waals surface area contributed by atoms with Crippen LogP contribution < -0.4 is 5.32 Å². The Morgan fingerprint density at radius 3 is 2.84 bits per heavy atom. The van der Waals surface area contributed by atoms with Crippen LogP contribution in [0.4, 0.5) is 5.82 Å². The van der Waals surface area contributed by atoms with Crippen molar-refractivity contribution in [2.24, 2.45) is 0 Å². The van der Waals surface area contributed by atoms with Gasteiger partial charge in [0.05, 0.1) is 12.2 Å². The highest BCUT2D eigenvalue weighted by atomic mass is 16.5. The highest BCUT2D eigenvalue weighted by Gasteiger charge is 2.30. The molecular formula is C14H21N3O2. The molecule has 5 nitrogen and oxygen atoms in total. The summed E-state index contributed by atoms with van der Waals surface area (Å²) in [5, 5.41) is 2.98. The zero-order valence-electron chi connectivity index (χ0n) is 12.0. The molecule has 0 bridgehead atoms. The molecule has 1 aliphatic heterocycles. The number of aryl methyl sites for hydroxylation is 1. The van der Waals surface area contributed by atoms with Crippen molar-refractivity contribution in [3.63, 3.8) is 0 Å². The second-order valence-electron chi connectivity index (χ2n) is 5.47. The molecule has 1 fully saturated rings. The predicted octanol–water partition coefficient (Wildman–Crippen LogP) is 1.68. The molecule has 0 aliphatic carbocycles. The molecule has 1 amide bonds. The number of anilines is 1. The minimum absolute atomic E-state index is 0.0402. The second kappa shape index (κ2) is 5.17. The fourth-order valence-corrected chi connectivity index (χ4v) is 2.29. The number of ether oxygens (including phenoxy) is 1. The summed E-state index contributed by atoms with van der Waals surface area (Å²) >= 11 is 0. The van der Waals surface area contributed by atoms with E-state index in [0.29, 0.717) is 25.3 Å². The van der Waals surface area contributed by atoms with E-state index in [0.717, 1.165) is 11.5 Å².